The van der Waals surface area contributed by atoms with Gasteiger partial charge in [0.05, 0.1) is 5.69 Å². The van der Waals surface area contributed by atoms with Crippen LogP contribution >= 0.6 is 11.6 Å². The summed E-state index contributed by atoms with van der Waals surface area (Å²) in [5.74, 6) is 2.05. The molecule has 108 valence electrons. The third-order valence-corrected chi connectivity index (χ3v) is 2.95. The molecule has 0 saturated carbocycles. The molecule has 0 aliphatic heterocycles. The fraction of sp³-hybridized carbons (Fsp3) is 0.714. The summed E-state index contributed by atoms with van der Waals surface area (Å²) in [5, 5.41) is 2.82. The number of oxazole rings is 1. The first kappa shape index (κ1) is 16.0. The predicted molar refractivity (Wildman–Crippen MR) is 76.6 cm³/mol. The molecule has 0 aliphatic carbocycles. The van der Waals surface area contributed by atoms with Crippen molar-refractivity contribution in [3.05, 3.63) is 17.3 Å². The van der Waals surface area contributed by atoms with Gasteiger partial charge >= 0.3 is 0 Å². The second-order valence-corrected chi connectivity index (χ2v) is 6.05. The first-order valence-corrected chi connectivity index (χ1v) is 7.17. The summed E-state index contributed by atoms with van der Waals surface area (Å²) in [6.45, 7) is 8.83. The Balaban J connectivity index is 2.42. The maximum absolute atomic E-state index is 11.2. The van der Waals surface area contributed by atoms with E-state index in [0.717, 1.165) is 30.2 Å². The Morgan fingerprint density at radius 1 is 1.42 bits per heavy atom. The van der Waals surface area contributed by atoms with E-state index >= 15 is 0 Å². The summed E-state index contributed by atoms with van der Waals surface area (Å²) >= 11 is 5.49. The van der Waals surface area contributed by atoms with Gasteiger partial charge in [0, 0.05) is 30.7 Å². The minimum atomic E-state index is -0.0719. The van der Waals surface area contributed by atoms with E-state index in [4.69, 9.17) is 16.0 Å². The molecule has 0 spiro atoms. The summed E-state index contributed by atoms with van der Waals surface area (Å²) < 4.78 is 5.79. The van der Waals surface area contributed by atoms with Crippen LogP contribution in [0.1, 0.15) is 51.0 Å². The molecule has 0 unspecified atom stereocenters. The maximum Gasteiger partial charge on any atom is 0.221 e. The highest BCUT2D eigenvalue weighted by molar-refractivity contribution is 6.18. The van der Waals surface area contributed by atoms with Crippen LogP contribution in [0.15, 0.2) is 4.42 Å². The number of nitrogens with zero attached hydrogens (tertiary/aromatic N) is 1. The first-order chi connectivity index (χ1) is 8.84. The first-order valence-electron chi connectivity index (χ1n) is 6.64. The van der Waals surface area contributed by atoms with Crippen molar-refractivity contribution in [2.24, 2.45) is 0 Å². The molecular weight excluding hydrogens is 264 g/mol. The van der Waals surface area contributed by atoms with Crippen LogP contribution in [-0.2, 0) is 16.6 Å². The molecule has 0 aliphatic rings. The fourth-order valence-electron chi connectivity index (χ4n) is 1.63. The molecule has 0 radical (unpaired) electrons. The maximum atomic E-state index is 11.2. The number of halogens is 1. The highest BCUT2D eigenvalue weighted by Crippen LogP contribution is 2.24. The average Bonchev–Trinajstić information content (AvgIpc) is 2.66. The molecule has 4 nitrogen and oxygen atoms in total. The van der Waals surface area contributed by atoms with Gasteiger partial charge in [0.2, 0.25) is 5.91 Å². The van der Waals surface area contributed by atoms with Crippen molar-refractivity contribution in [3.8, 4) is 0 Å². The zero-order chi connectivity index (χ0) is 14.5. The highest BCUT2D eigenvalue weighted by Gasteiger charge is 2.21. The lowest BCUT2D eigenvalue weighted by molar-refractivity contribution is -0.120. The largest absolute Gasteiger partial charge is 0.445 e. The molecule has 0 fully saturated rings. The standard InChI is InChI=1S/C14H23ClN2O2/c1-10-11(19-13(17-10)14(2,3)4)6-5-9-16-12(18)7-8-15/h5-9H2,1-4H3,(H,16,18). The molecule has 19 heavy (non-hydrogen) atoms. The third kappa shape index (κ3) is 5.23. The quantitative estimate of drug-likeness (QED) is 0.646. The van der Waals surface area contributed by atoms with Crippen LogP contribution in [0.25, 0.3) is 0 Å². The van der Waals surface area contributed by atoms with Crippen molar-refractivity contribution in [2.45, 2.75) is 52.4 Å². The number of carbonyl (C=O) groups is 1. The lowest BCUT2D eigenvalue weighted by Crippen LogP contribution is -2.24. The topological polar surface area (TPSA) is 55.1 Å². The van der Waals surface area contributed by atoms with E-state index in [1.807, 2.05) is 6.92 Å². The zero-order valence-corrected chi connectivity index (χ0v) is 12.9. The number of aromatic nitrogens is 1. The van der Waals surface area contributed by atoms with Gasteiger partial charge < -0.3 is 9.73 Å². The van der Waals surface area contributed by atoms with Crippen LogP contribution in [0.4, 0.5) is 0 Å². The molecule has 1 N–H and O–H groups in total. The van der Waals surface area contributed by atoms with Crippen LogP contribution in [0.3, 0.4) is 0 Å². The Bertz CT molecular complexity index is 422. The summed E-state index contributed by atoms with van der Waals surface area (Å²) in [5.41, 5.74) is 0.870. The van der Waals surface area contributed by atoms with Gasteiger partial charge in [-0.1, -0.05) is 20.8 Å². The van der Waals surface area contributed by atoms with Crippen molar-refractivity contribution < 1.29 is 9.21 Å². The molecule has 1 amide bonds. The van der Waals surface area contributed by atoms with Crippen LogP contribution in [0.2, 0.25) is 0 Å². The lowest BCUT2D eigenvalue weighted by Gasteiger charge is -2.12. The molecule has 5 heteroatoms. The van der Waals surface area contributed by atoms with E-state index in [0.29, 0.717) is 18.8 Å². The van der Waals surface area contributed by atoms with Gasteiger partial charge in [-0.2, -0.15) is 0 Å². The van der Waals surface area contributed by atoms with Crippen molar-refractivity contribution >= 4 is 17.5 Å². The van der Waals surface area contributed by atoms with Crippen LogP contribution in [0.5, 0.6) is 0 Å². The molecule has 0 atom stereocenters. The zero-order valence-electron chi connectivity index (χ0n) is 12.2. The lowest BCUT2D eigenvalue weighted by atomic mass is 9.97. The minimum Gasteiger partial charge on any atom is -0.445 e. The van der Waals surface area contributed by atoms with Gasteiger partial charge in [-0.05, 0) is 13.3 Å². The Kier molecular flexibility index (Phi) is 5.85. The predicted octanol–water partition coefficient (Wildman–Crippen LogP) is 2.96. The number of nitrogens with one attached hydrogen (secondary N) is 1. The Labute approximate surface area is 119 Å². The second kappa shape index (κ2) is 6.94. The fourth-order valence-corrected chi connectivity index (χ4v) is 1.80. The van der Waals surface area contributed by atoms with Gasteiger partial charge in [-0.25, -0.2) is 4.98 Å². The molecule has 0 bridgehead atoms. The Morgan fingerprint density at radius 3 is 2.63 bits per heavy atom. The van der Waals surface area contributed by atoms with E-state index in [9.17, 15) is 4.79 Å². The van der Waals surface area contributed by atoms with E-state index in [1.165, 1.54) is 0 Å². The van der Waals surface area contributed by atoms with Gasteiger partial charge in [0.1, 0.15) is 5.76 Å². The van der Waals surface area contributed by atoms with E-state index in [-0.39, 0.29) is 11.3 Å². The molecule has 0 aromatic carbocycles. The second-order valence-electron chi connectivity index (χ2n) is 5.67. The number of hydrogen-bond acceptors (Lipinski definition) is 3. The highest BCUT2D eigenvalue weighted by atomic mass is 35.5. The Hall–Kier alpha value is -1.03. The number of aryl methyl sites for hydroxylation is 2. The number of alkyl halides is 1. The summed E-state index contributed by atoms with van der Waals surface area (Å²) in [6, 6.07) is 0. The van der Waals surface area contributed by atoms with Gasteiger partial charge in [0.15, 0.2) is 5.89 Å². The monoisotopic (exact) mass is 286 g/mol. The number of rotatable bonds is 6. The molecule has 1 rings (SSSR count). The molecule has 1 heterocycles. The van der Waals surface area contributed by atoms with E-state index in [2.05, 4.69) is 31.1 Å². The molecule has 1 aromatic rings. The van der Waals surface area contributed by atoms with Crippen LogP contribution in [-0.4, -0.2) is 23.3 Å². The van der Waals surface area contributed by atoms with Gasteiger partial charge in [-0.15, -0.1) is 11.6 Å². The number of amides is 1. The summed E-state index contributed by atoms with van der Waals surface area (Å²) in [4.78, 5) is 15.7. The average molecular weight is 287 g/mol. The number of carbonyl (C=O) groups excluding carboxylic acids is 1. The Morgan fingerprint density at radius 2 is 2.11 bits per heavy atom. The van der Waals surface area contributed by atoms with Gasteiger partial charge in [0.25, 0.3) is 0 Å². The van der Waals surface area contributed by atoms with E-state index < -0.39 is 0 Å². The van der Waals surface area contributed by atoms with Crippen LogP contribution < -0.4 is 5.32 Å². The minimum absolute atomic E-state index is 0.000303. The third-order valence-electron chi connectivity index (χ3n) is 2.76. The summed E-state index contributed by atoms with van der Waals surface area (Å²) in [6.07, 6.45) is 2.00. The van der Waals surface area contributed by atoms with Crippen molar-refractivity contribution in [1.82, 2.24) is 10.3 Å². The molecular formula is C14H23ClN2O2. The van der Waals surface area contributed by atoms with Crippen molar-refractivity contribution in [3.63, 3.8) is 0 Å². The normalized spacial score (nSPS) is 11.6. The molecule has 0 saturated heterocycles. The van der Waals surface area contributed by atoms with Crippen molar-refractivity contribution in [1.29, 1.82) is 0 Å². The number of hydrogen-bond donors (Lipinski definition) is 1. The smallest absolute Gasteiger partial charge is 0.221 e. The molecule has 1 aromatic heterocycles. The summed E-state index contributed by atoms with van der Waals surface area (Å²) in [7, 11) is 0. The van der Waals surface area contributed by atoms with Crippen molar-refractivity contribution in [2.75, 3.05) is 12.4 Å². The SMILES string of the molecule is Cc1nc(C(C)(C)C)oc1CCCNC(=O)CCCl. The van der Waals surface area contributed by atoms with E-state index in [1.54, 1.807) is 0 Å². The van der Waals surface area contributed by atoms with Gasteiger partial charge in [-0.3, -0.25) is 4.79 Å². The van der Waals surface area contributed by atoms with Crippen LogP contribution in [0, 0.1) is 6.92 Å².